The van der Waals surface area contributed by atoms with E-state index >= 15 is 0 Å². The molecule has 94 valence electrons. The molecule has 0 amide bonds. The van der Waals surface area contributed by atoms with E-state index in [-0.39, 0.29) is 6.04 Å². The predicted molar refractivity (Wildman–Crippen MR) is 65.7 cm³/mol. The minimum atomic E-state index is 0.0670. The molecule has 1 aliphatic rings. The normalized spacial score (nSPS) is 29.9. The van der Waals surface area contributed by atoms with Gasteiger partial charge in [-0.1, -0.05) is 19.0 Å². The van der Waals surface area contributed by atoms with Crippen LogP contribution < -0.4 is 5.73 Å². The van der Waals surface area contributed by atoms with Crippen molar-refractivity contribution in [1.82, 2.24) is 9.80 Å². The molecule has 1 heterocycles. The van der Waals surface area contributed by atoms with Crippen LogP contribution in [-0.4, -0.2) is 60.1 Å². The highest BCUT2D eigenvalue weighted by molar-refractivity contribution is 5.85. The second kappa shape index (κ2) is 5.50. The van der Waals surface area contributed by atoms with E-state index in [1.165, 1.54) is 0 Å². The Kier molecular flexibility index (Phi) is 4.56. The number of hydrogen-bond donors (Lipinski definition) is 2. The Morgan fingerprint density at radius 2 is 2.19 bits per heavy atom. The zero-order chi connectivity index (χ0) is 12.3. The van der Waals surface area contributed by atoms with Crippen LogP contribution in [0.15, 0.2) is 5.16 Å². The SMILES string of the molecule is CCC(C(N)=NO)N1CC(C)C(N(C)C)C1. The van der Waals surface area contributed by atoms with Crippen LogP contribution in [0.25, 0.3) is 0 Å². The van der Waals surface area contributed by atoms with E-state index < -0.39 is 0 Å². The number of likely N-dealkylation sites (N-methyl/N-ethyl adjacent to an activating group) is 1. The van der Waals surface area contributed by atoms with E-state index in [1.807, 2.05) is 0 Å². The first-order valence-electron chi connectivity index (χ1n) is 5.89. The van der Waals surface area contributed by atoms with Crippen LogP contribution in [0.5, 0.6) is 0 Å². The van der Waals surface area contributed by atoms with Gasteiger partial charge in [0.25, 0.3) is 0 Å². The van der Waals surface area contributed by atoms with Gasteiger partial charge >= 0.3 is 0 Å². The summed E-state index contributed by atoms with van der Waals surface area (Å²) in [5.41, 5.74) is 5.72. The van der Waals surface area contributed by atoms with Crippen LogP contribution in [0.1, 0.15) is 20.3 Å². The molecule has 0 aromatic carbocycles. The maximum atomic E-state index is 8.76. The number of likely N-dealkylation sites (tertiary alicyclic amines) is 1. The summed E-state index contributed by atoms with van der Waals surface area (Å²) in [6.07, 6.45) is 0.878. The van der Waals surface area contributed by atoms with Gasteiger partial charge in [-0.25, -0.2) is 0 Å². The van der Waals surface area contributed by atoms with E-state index in [1.54, 1.807) is 0 Å². The smallest absolute Gasteiger partial charge is 0.156 e. The van der Waals surface area contributed by atoms with Crippen molar-refractivity contribution in [3.05, 3.63) is 0 Å². The highest BCUT2D eigenvalue weighted by atomic mass is 16.4. The maximum Gasteiger partial charge on any atom is 0.156 e. The van der Waals surface area contributed by atoms with Crippen LogP contribution >= 0.6 is 0 Å². The molecule has 5 nitrogen and oxygen atoms in total. The Morgan fingerprint density at radius 1 is 1.56 bits per heavy atom. The van der Waals surface area contributed by atoms with Crippen LogP contribution in [0, 0.1) is 5.92 Å². The first-order chi connectivity index (χ1) is 7.51. The average Bonchev–Trinajstić information content (AvgIpc) is 2.61. The number of rotatable bonds is 4. The largest absolute Gasteiger partial charge is 0.409 e. The molecule has 0 saturated carbocycles. The molecule has 5 heteroatoms. The van der Waals surface area contributed by atoms with Gasteiger partial charge in [0.05, 0.1) is 6.04 Å². The van der Waals surface area contributed by atoms with Gasteiger partial charge in [0.1, 0.15) is 0 Å². The Bertz CT molecular complexity index is 254. The van der Waals surface area contributed by atoms with Crippen molar-refractivity contribution < 1.29 is 5.21 Å². The summed E-state index contributed by atoms with van der Waals surface area (Å²) in [5, 5.41) is 11.9. The zero-order valence-corrected chi connectivity index (χ0v) is 10.7. The van der Waals surface area contributed by atoms with E-state index in [9.17, 15) is 0 Å². The molecule has 3 atom stereocenters. The fraction of sp³-hybridized carbons (Fsp3) is 0.909. The van der Waals surface area contributed by atoms with Crippen molar-refractivity contribution in [2.24, 2.45) is 16.8 Å². The molecular formula is C11H24N4O. The Morgan fingerprint density at radius 3 is 2.56 bits per heavy atom. The molecule has 1 fully saturated rings. The minimum absolute atomic E-state index is 0.0670. The van der Waals surface area contributed by atoms with Crippen molar-refractivity contribution in [1.29, 1.82) is 0 Å². The minimum Gasteiger partial charge on any atom is -0.409 e. The number of nitrogens with two attached hydrogens (primary N) is 1. The standard InChI is InChI=1S/C11H24N4O/c1-5-9(11(12)13-16)15-6-8(2)10(7-15)14(3)4/h8-10,16H,5-7H2,1-4H3,(H2,12,13). The van der Waals surface area contributed by atoms with E-state index in [0.29, 0.717) is 17.8 Å². The number of oxime groups is 1. The summed E-state index contributed by atoms with van der Waals surface area (Å²) in [6.45, 7) is 6.32. The van der Waals surface area contributed by atoms with Gasteiger partial charge in [0.2, 0.25) is 0 Å². The molecule has 0 aliphatic carbocycles. The summed E-state index contributed by atoms with van der Waals surface area (Å²) in [4.78, 5) is 4.56. The van der Waals surface area contributed by atoms with E-state index in [2.05, 4.69) is 42.9 Å². The van der Waals surface area contributed by atoms with Gasteiger partial charge in [-0.2, -0.15) is 0 Å². The van der Waals surface area contributed by atoms with Crippen LogP contribution in [0.3, 0.4) is 0 Å². The summed E-state index contributed by atoms with van der Waals surface area (Å²) in [6, 6.07) is 0.623. The quantitative estimate of drug-likeness (QED) is 0.316. The van der Waals surface area contributed by atoms with Gasteiger partial charge < -0.3 is 15.8 Å². The van der Waals surface area contributed by atoms with Crippen LogP contribution in [0.2, 0.25) is 0 Å². The average molecular weight is 228 g/mol. The van der Waals surface area contributed by atoms with Crippen LogP contribution in [-0.2, 0) is 0 Å². The Balaban J connectivity index is 2.69. The summed E-state index contributed by atoms with van der Waals surface area (Å²) in [5.74, 6) is 0.949. The fourth-order valence-electron chi connectivity index (χ4n) is 2.63. The van der Waals surface area contributed by atoms with Crippen molar-refractivity contribution in [2.45, 2.75) is 32.4 Å². The fourth-order valence-corrected chi connectivity index (χ4v) is 2.63. The molecule has 0 aromatic rings. The first kappa shape index (κ1) is 13.3. The number of nitrogens with zero attached hydrogens (tertiary/aromatic N) is 3. The van der Waals surface area contributed by atoms with E-state index in [4.69, 9.17) is 10.9 Å². The highest BCUT2D eigenvalue weighted by Crippen LogP contribution is 2.23. The van der Waals surface area contributed by atoms with Crippen molar-refractivity contribution in [3.63, 3.8) is 0 Å². The van der Waals surface area contributed by atoms with Crippen molar-refractivity contribution in [3.8, 4) is 0 Å². The summed E-state index contributed by atoms with van der Waals surface area (Å²) in [7, 11) is 4.21. The van der Waals surface area contributed by atoms with Crippen LogP contribution in [0.4, 0.5) is 0 Å². The molecule has 0 spiro atoms. The summed E-state index contributed by atoms with van der Waals surface area (Å²) >= 11 is 0. The highest BCUT2D eigenvalue weighted by Gasteiger charge is 2.35. The number of hydrogen-bond acceptors (Lipinski definition) is 4. The topological polar surface area (TPSA) is 65.1 Å². The third-order valence-electron chi connectivity index (χ3n) is 3.55. The second-order valence-electron chi connectivity index (χ2n) is 4.91. The lowest BCUT2D eigenvalue weighted by Gasteiger charge is -2.26. The predicted octanol–water partition coefficient (Wildman–Crippen LogP) is 0.393. The third-order valence-corrected chi connectivity index (χ3v) is 3.55. The molecule has 3 unspecified atom stereocenters. The van der Waals surface area contributed by atoms with Gasteiger partial charge in [-0.05, 0) is 26.4 Å². The molecule has 1 rings (SSSR count). The molecule has 0 aromatic heterocycles. The monoisotopic (exact) mass is 228 g/mol. The molecule has 1 aliphatic heterocycles. The van der Waals surface area contributed by atoms with Gasteiger partial charge in [0.15, 0.2) is 5.84 Å². The Labute approximate surface area is 97.9 Å². The molecule has 16 heavy (non-hydrogen) atoms. The molecule has 0 bridgehead atoms. The third kappa shape index (κ3) is 2.65. The van der Waals surface area contributed by atoms with Gasteiger partial charge in [-0.3, -0.25) is 4.90 Å². The number of amidine groups is 1. The zero-order valence-electron chi connectivity index (χ0n) is 10.7. The van der Waals surface area contributed by atoms with Crippen molar-refractivity contribution >= 4 is 5.84 Å². The second-order valence-corrected chi connectivity index (χ2v) is 4.91. The summed E-state index contributed by atoms with van der Waals surface area (Å²) < 4.78 is 0. The molecule has 1 saturated heterocycles. The molecule has 0 radical (unpaired) electrons. The molecule has 3 N–H and O–H groups in total. The van der Waals surface area contributed by atoms with Gasteiger partial charge in [-0.15, -0.1) is 0 Å². The Hall–Kier alpha value is -0.810. The van der Waals surface area contributed by atoms with E-state index in [0.717, 1.165) is 19.5 Å². The maximum absolute atomic E-state index is 8.76. The lowest BCUT2D eigenvalue weighted by Crippen LogP contribution is -2.44. The van der Waals surface area contributed by atoms with Gasteiger partial charge in [0, 0.05) is 19.1 Å². The lowest BCUT2D eigenvalue weighted by molar-refractivity contribution is 0.236. The lowest BCUT2D eigenvalue weighted by atomic mass is 10.1. The molecular weight excluding hydrogens is 204 g/mol. The first-order valence-corrected chi connectivity index (χ1v) is 5.89. The van der Waals surface area contributed by atoms with Crippen molar-refractivity contribution in [2.75, 3.05) is 27.2 Å².